The number of hydrogen-bond donors (Lipinski definition) is 0. The number of nitrogens with zero attached hydrogens (tertiary/aromatic N) is 5. The van der Waals surface area contributed by atoms with Gasteiger partial charge in [0.05, 0.1) is 23.5 Å². The van der Waals surface area contributed by atoms with Crippen LogP contribution in [-0.4, -0.2) is 63.4 Å². The number of aryl methyl sites for hydroxylation is 1. The van der Waals surface area contributed by atoms with E-state index in [4.69, 9.17) is 0 Å². The average molecular weight is 327 g/mol. The van der Waals surface area contributed by atoms with Crippen LogP contribution in [-0.2, 0) is 11.2 Å². The first kappa shape index (κ1) is 16.6. The standard InChI is InChI=1S/C18H25N5O/c1-13-5-7-16(8-6-13)23-15(3)17(19-20-23)11-18(24)22-10-9-21(4)12-14(22)2/h5-8,14H,9-12H2,1-4H3/t14-/m0/s1. The molecule has 0 spiro atoms. The number of carbonyl (C=O) groups excluding carboxylic acids is 1. The largest absolute Gasteiger partial charge is 0.337 e. The van der Waals surface area contributed by atoms with Gasteiger partial charge >= 0.3 is 0 Å². The molecule has 0 radical (unpaired) electrons. The molecule has 0 aliphatic carbocycles. The zero-order valence-corrected chi connectivity index (χ0v) is 14.9. The van der Waals surface area contributed by atoms with Crippen molar-refractivity contribution in [2.45, 2.75) is 33.2 Å². The van der Waals surface area contributed by atoms with Crippen LogP contribution >= 0.6 is 0 Å². The Morgan fingerprint density at radius 2 is 1.92 bits per heavy atom. The van der Waals surface area contributed by atoms with Crippen LogP contribution in [0.15, 0.2) is 24.3 Å². The second-order valence-electron chi connectivity index (χ2n) is 6.74. The van der Waals surface area contributed by atoms with Crippen molar-refractivity contribution in [1.82, 2.24) is 24.8 Å². The molecule has 2 aromatic rings. The molecule has 6 heteroatoms. The summed E-state index contributed by atoms with van der Waals surface area (Å²) in [7, 11) is 2.09. The number of rotatable bonds is 3. The van der Waals surface area contributed by atoms with E-state index in [-0.39, 0.29) is 11.9 Å². The Morgan fingerprint density at radius 1 is 1.21 bits per heavy atom. The van der Waals surface area contributed by atoms with E-state index in [0.29, 0.717) is 6.42 Å². The summed E-state index contributed by atoms with van der Waals surface area (Å²) in [5.74, 6) is 0.134. The van der Waals surface area contributed by atoms with Crippen molar-refractivity contribution in [3.8, 4) is 5.69 Å². The summed E-state index contributed by atoms with van der Waals surface area (Å²) in [4.78, 5) is 16.9. The molecule has 1 amide bonds. The number of carbonyl (C=O) groups is 1. The number of hydrogen-bond acceptors (Lipinski definition) is 4. The highest BCUT2D eigenvalue weighted by molar-refractivity contribution is 5.79. The van der Waals surface area contributed by atoms with Crippen molar-refractivity contribution in [2.75, 3.05) is 26.7 Å². The highest BCUT2D eigenvalue weighted by Gasteiger charge is 2.26. The summed E-state index contributed by atoms with van der Waals surface area (Å²) < 4.78 is 1.80. The van der Waals surface area contributed by atoms with Crippen LogP contribution < -0.4 is 0 Å². The van der Waals surface area contributed by atoms with Crippen molar-refractivity contribution in [3.05, 3.63) is 41.2 Å². The van der Waals surface area contributed by atoms with E-state index in [1.807, 2.05) is 36.1 Å². The SMILES string of the molecule is Cc1ccc(-n2nnc(CC(=O)N3CCN(C)C[C@@H]3C)c2C)cc1. The van der Waals surface area contributed by atoms with Gasteiger partial charge in [0.25, 0.3) is 0 Å². The van der Waals surface area contributed by atoms with Gasteiger partial charge in [0.15, 0.2) is 0 Å². The van der Waals surface area contributed by atoms with Crippen LogP contribution in [0.3, 0.4) is 0 Å². The van der Waals surface area contributed by atoms with Crippen molar-refractivity contribution in [3.63, 3.8) is 0 Å². The van der Waals surface area contributed by atoms with Crippen molar-refractivity contribution in [1.29, 1.82) is 0 Å². The maximum Gasteiger partial charge on any atom is 0.229 e. The molecule has 1 aliphatic heterocycles. The van der Waals surface area contributed by atoms with Gasteiger partial charge in [-0.25, -0.2) is 4.68 Å². The molecule has 0 N–H and O–H groups in total. The Morgan fingerprint density at radius 3 is 2.58 bits per heavy atom. The maximum atomic E-state index is 12.7. The van der Waals surface area contributed by atoms with E-state index in [9.17, 15) is 4.79 Å². The second-order valence-corrected chi connectivity index (χ2v) is 6.74. The van der Waals surface area contributed by atoms with Crippen molar-refractivity contribution < 1.29 is 4.79 Å². The first-order valence-corrected chi connectivity index (χ1v) is 8.42. The fourth-order valence-corrected chi connectivity index (χ4v) is 3.21. The first-order valence-electron chi connectivity index (χ1n) is 8.42. The summed E-state index contributed by atoms with van der Waals surface area (Å²) in [5, 5.41) is 8.48. The Hall–Kier alpha value is -2.21. The number of piperazine rings is 1. The molecule has 1 aromatic carbocycles. The Kier molecular flexibility index (Phi) is 4.66. The summed E-state index contributed by atoms with van der Waals surface area (Å²) in [6, 6.07) is 8.38. The summed E-state index contributed by atoms with van der Waals surface area (Å²) in [5.41, 5.74) is 3.86. The zero-order valence-electron chi connectivity index (χ0n) is 14.9. The lowest BCUT2D eigenvalue weighted by Gasteiger charge is -2.38. The summed E-state index contributed by atoms with van der Waals surface area (Å²) in [6.07, 6.45) is 0.311. The normalized spacial score (nSPS) is 18.8. The third-order valence-corrected chi connectivity index (χ3v) is 4.74. The van der Waals surface area contributed by atoms with Crippen LogP contribution in [0.4, 0.5) is 0 Å². The topological polar surface area (TPSA) is 54.3 Å². The van der Waals surface area contributed by atoms with Gasteiger partial charge in [-0.15, -0.1) is 5.10 Å². The van der Waals surface area contributed by atoms with E-state index in [1.165, 1.54) is 5.56 Å². The van der Waals surface area contributed by atoms with E-state index in [1.54, 1.807) is 4.68 Å². The molecule has 1 atom stereocenters. The van der Waals surface area contributed by atoms with Crippen molar-refractivity contribution >= 4 is 5.91 Å². The maximum absolute atomic E-state index is 12.7. The van der Waals surface area contributed by atoms with Crippen LogP contribution in [0.2, 0.25) is 0 Å². The average Bonchev–Trinajstić information content (AvgIpc) is 2.89. The second kappa shape index (κ2) is 6.73. The van der Waals surface area contributed by atoms with Crippen molar-refractivity contribution in [2.24, 2.45) is 0 Å². The molecule has 1 aromatic heterocycles. The van der Waals surface area contributed by atoms with E-state index in [2.05, 4.69) is 36.1 Å². The molecule has 128 valence electrons. The third-order valence-electron chi connectivity index (χ3n) is 4.74. The van der Waals surface area contributed by atoms with Gasteiger partial charge < -0.3 is 9.80 Å². The molecule has 24 heavy (non-hydrogen) atoms. The van der Waals surface area contributed by atoms with Crippen LogP contribution in [0, 0.1) is 13.8 Å². The molecular weight excluding hydrogens is 302 g/mol. The lowest BCUT2D eigenvalue weighted by Crippen LogP contribution is -2.53. The van der Waals surface area contributed by atoms with Crippen LogP contribution in [0.5, 0.6) is 0 Å². The summed E-state index contributed by atoms with van der Waals surface area (Å²) >= 11 is 0. The van der Waals surface area contributed by atoms with Gasteiger partial charge in [0.2, 0.25) is 5.91 Å². The van der Waals surface area contributed by atoms with Gasteiger partial charge in [-0.05, 0) is 40.0 Å². The quantitative estimate of drug-likeness (QED) is 0.859. The molecule has 0 saturated carbocycles. The van der Waals surface area contributed by atoms with E-state index in [0.717, 1.165) is 36.7 Å². The monoisotopic (exact) mass is 327 g/mol. The number of likely N-dealkylation sites (N-methyl/N-ethyl adjacent to an activating group) is 1. The number of amides is 1. The Balaban J connectivity index is 1.74. The Bertz CT molecular complexity index is 722. The molecule has 0 unspecified atom stereocenters. The third kappa shape index (κ3) is 3.33. The first-order chi connectivity index (χ1) is 11.5. The van der Waals surface area contributed by atoms with E-state index >= 15 is 0 Å². The molecule has 2 heterocycles. The predicted octanol–water partition coefficient (Wildman–Crippen LogP) is 1.59. The van der Waals surface area contributed by atoms with Gasteiger partial charge in [-0.1, -0.05) is 22.9 Å². The zero-order chi connectivity index (χ0) is 17.3. The lowest BCUT2D eigenvalue weighted by molar-refractivity contribution is -0.134. The molecule has 6 nitrogen and oxygen atoms in total. The molecule has 3 rings (SSSR count). The molecular formula is C18H25N5O. The number of aromatic nitrogens is 3. The van der Waals surface area contributed by atoms with Gasteiger partial charge in [-0.2, -0.15) is 0 Å². The molecule has 0 bridgehead atoms. The lowest BCUT2D eigenvalue weighted by atomic mass is 10.1. The van der Waals surface area contributed by atoms with Gasteiger partial charge in [0.1, 0.15) is 0 Å². The molecule has 1 aliphatic rings. The predicted molar refractivity (Wildman–Crippen MR) is 93.2 cm³/mol. The van der Waals surface area contributed by atoms with Crippen LogP contribution in [0.1, 0.15) is 23.9 Å². The van der Waals surface area contributed by atoms with Gasteiger partial charge in [0, 0.05) is 25.7 Å². The fraction of sp³-hybridized carbons (Fsp3) is 0.500. The minimum atomic E-state index is 0.134. The Labute approximate surface area is 143 Å². The minimum Gasteiger partial charge on any atom is -0.337 e. The minimum absolute atomic E-state index is 0.134. The highest BCUT2D eigenvalue weighted by Crippen LogP contribution is 2.15. The highest BCUT2D eigenvalue weighted by atomic mass is 16.2. The molecule has 1 fully saturated rings. The van der Waals surface area contributed by atoms with Gasteiger partial charge in [-0.3, -0.25) is 4.79 Å². The number of benzene rings is 1. The fourth-order valence-electron chi connectivity index (χ4n) is 3.21. The smallest absolute Gasteiger partial charge is 0.229 e. The molecule has 1 saturated heterocycles. The summed E-state index contributed by atoms with van der Waals surface area (Å²) in [6.45, 7) is 8.74. The van der Waals surface area contributed by atoms with Crippen LogP contribution in [0.25, 0.3) is 5.69 Å². The van der Waals surface area contributed by atoms with E-state index < -0.39 is 0 Å².